The number of aliphatic hydroxyl groups excluding tert-OH is 2. The maximum Gasteiger partial charge on any atom is 0.0618 e. The molecule has 0 amide bonds. The smallest absolute Gasteiger partial charge is 0.0618 e. The Balaban J connectivity index is 0. The zero-order valence-corrected chi connectivity index (χ0v) is 5.84. The normalized spacial score (nSPS) is 13.2. The maximum absolute atomic E-state index is 8.30. The average molecular weight is 154 g/mol. The van der Waals surface area contributed by atoms with Crippen molar-refractivity contribution in [3.05, 3.63) is 12.2 Å². The SMILES string of the molecule is Cl.NC(C=CCO)CO. The molecule has 4 N–H and O–H groups in total. The number of hydrogen-bond donors (Lipinski definition) is 3. The van der Waals surface area contributed by atoms with Crippen LogP contribution in [-0.2, 0) is 0 Å². The lowest BCUT2D eigenvalue weighted by atomic mass is 10.3. The number of hydrogen-bond acceptors (Lipinski definition) is 3. The van der Waals surface area contributed by atoms with Crippen molar-refractivity contribution in [1.29, 1.82) is 0 Å². The van der Waals surface area contributed by atoms with Gasteiger partial charge in [0.2, 0.25) is 0 Å². The van der Waals surface area contributed by atoms with Gasteiger partial charge in [0.15, 0.2) is 0 Å². The van der Waals surface area contributed by atoms with Crippen LogP contribution in [0.1, 0.15) is 0 Å². The van der Waals surface area contributed by atoms with E-state index in [1.807, 2.05) is 0 Å². The van der Waals surface area contributed by atoms with Crippen molar-refractivity contribution in [2.75, 3.05) is 13.2 Å². The number of nitrogens with two attached hydrogens (primary N) is 1. The summed E-state index contributed by atoms with van der Waals surface area (Å²) in [5.41, 5.74) is 5.21. The summed E-state index contributed by atoms with van der Waals surface area (Å²) < 4.78 is 0. The molecule has 4 heteroatoms. The summed E-state index contributed by atoms with van der Waals surface area (Å²) in [6, 6.07) is -0.331. The van der Waals surface area contributed by atoms with Gasteiger partial charge < -0.3 is 15.9 Å². The van der Waals surface area contributed by atoms with Gasteiger partial charge in [-0.2, -0.15) is 0 Å². The fourth-order valence-electron chi connectivity index (χ4n) is 0.297. The molecular formula is C5H12ClNO2. The van der Waals surface area contributed by atoms with E-state index in [0.29, 0.717) is 0 Å². The van der Waals surface area contributed by atoms with Gasteiger partial charge in [0.05, 0.1) is 13.2 Å². The van der Waals surface area contributed by atoms with Crippen molar-refractivity contribution in [3.63, 3.8) is 0 Å². The zero-order valence-electron chi connectivity index (χ0n) is 5.03. The molecule has 0 aliphatic heterocycles. The Kier molecular flexibility index (Phi) is 10.3. The van der Waals surface area contributed by atoms with Crippen LogP contribution in [0.15, 0.2) is 12.2 Å². The summed E-state index contributed by atoms with van der Waals surface area (Å²) in [5.74, 6) is 0. The molecule has 0 aliphatic rings. The fraction of sp³-hybridized carbons (Fsp3) is 0.600. The Morgan fingerprint density at radius 3 is 2.33 bits per heavy atom. The Bertz CT molecular complexity index is 77.4. The van der Waals surface area contributed by atoms with Crippen LogP contribution in [0, 0.1) is 0 Å². The van der Waals surface area contributed by atoms with Gasteiger partial charge >= 0.3 is 0 Å². The molecule has 1 atom stereocenters. The predicted molar refractivity (Wildman–Crippen MR) is 38.5 cm³/mol. The number of halogens is 1. The minimum atomic E-state index is -0.331. The van der Waals surface area contributed by atoms with Gasteiger partial charge in [0.25, 0.3) is 0 Å². The minimum absolute atomic E-state index is 0. The average Bonchev–Trinajstić information content (AvgIpc) is 1.83. The van der Waals surface area contributed by atoms with E-state index in [1.54, 1.807) is 6.08 Å². The summed E-state index contributed by atoms with van der Waals surface area (Å²) >= 11 is 0. The molecule has 3 nitrogen and oxygen atoms in total. The van der Waals surface area contributed by atoms with Crippen LogP contribution in [0.5, 0.6) is 0 Å². The molecule has 1 unspecified atom stereocenters. The highest BCUT2D eigenvalue weighted by Gasteiger charge is 1.88. The van der Waals surface area contributed by atoms with Crippen molar-refractivity contribution in [2.24, 2.45) is 5.73 Å². The van der Waals surface area contributed by atoms with E-state index in [9.17, 15) is 0 Å². The molecule has 0 fully saturated rings. The number of rotatable bonds is 3. The first-order valence-corrected chi connectivity index (χ1v) is 2.45. The highest BCUT2D eigenvalue weighted by Crippen LogP contribution is 1.77. The first-order valence-electron chi connectivity index (χ1n) is 2.45. The van der Waals surface area contributed by atoms with Gasteiger partial charge in [-0.15, -0.1) is 12.4 Å². The van der Waals surface area contributed by atoms with Crippen LogP contribution in [0.25, 0.3) is 0 Å². The molecule has 0 bridgehead atoms. The van der Waals surface area contributed by atoms with E-state index < -0.39 is 0 Å². The van der Waals surface area contributed by atoms with Crippen LogP contribution in [0.2, 0.25) is 0 Å². The third-order valence-electron chi connectivity index (χ3n) is 0.700. The molecule has 0 aromatic rings. The fourth-order valence-corrected chi connectivity index (χ4v) is 0.297. The van der Waals surface area contributed by atoms with Crippen LogP contribution < -0.4 is 5.73 Å². The van der Waals surface area contributed by atoms with Crippen molar-refractivity contribution in [2.45, 2.75) is 6.04 Å². The minimum Gasteiger partial charge on any atom is -0.394 e. The van der Waals surface area contributed by atoms with Gasteiger partial charge in [-0.1, -0.05) is 12.2 Å². The second-order valence-corrected chi connectivity index (χ2v) is 1.46. The molecule has 0 spiro atoms. The zero-order chi connectivity index (χ0) is 6.41. The summed E-state index contributed by atoms with van der Waals surface area (Å²) in [5, 5.41) is 16.5. The van der Waals surface area contributed by atoms with Gasteiger partial charge in [-0.3, -0.25) is 0 Å². The van der Waals surface area contributed by atoms with Crippen LogP contribution in [0.3, 0.4) is 0 Å². The van der Waals surface area contributed by atoms with Crippen molar-refractivity contribution >= 4 is 12.4 Å². The second-order valence-electron chi connectivity index (χ2n) is 1.46. The van der Waals surface area contributed by atoms with Crippen molar-refractivity contribution in [1.82, 2.24) is 0 Å². The largest absolute Gasteiger partial charge is 0.394 e. The molecule has 0 saturated heterocycles. The standard InChI is InChI=1S/C5H11NO2.ClH/c6-5(4-8)2-1-3-7;/h1-2,5,7-8H,3-4,6H2;1H. The quantitative estimate of drug-likeness (QED) is 0.469. The van der Waals surface area contributed by atoms with E-state index in [1.165, 1.54) is 6.08 Å². The van der Waals surface area contributed by atoms with Crippen molar-refractivity contribution < 1.29 is 10.2 Å². The van der Waals surface area contributed by atoms with E-state index in [-0.39, 0.29) is 31.7 Å². The molecule has 0 heterocycles. The summed E-state index contributed by atoms with van der Waals surface area (Å²) in [6.07, 6.45) is 3.06. The lowest BCUT2D eigenvalue weighted by molar-refractivity contribution is 0.283. The first kappa shape index (κ1) is 11.7. The Labute approximate surface area is 60.6 Å². The molecule has 0 saturated carbocycles. The Morgan fingerprint density at radius 2 is 2.00 bits per heavy atom. The molecule has 0 aliphatic carbocycles. The highest BCUT2D eigenvalue weighted by molar-refractivity contribution is 5.85. The molecule has 9 heavy (non-hydrogen) atoms. The third kappa shape index (κ3) is 7.91. The lowest BCUT2D eigenvalue weighted by Crippen LogP contribution is -2.21. The van der Waals surface area contributed by atoms with Gasteiger partial charge in [0.1, 0.15) is 0 Å². The van der Waals surface area contributed by atoms with E-state index in [4.69, 9.17) is 15.9 Å². The Hall–Kier alpha value is -0.0900. The summed E-state index contributed by atoms with van der Waals surface area (Å²) in [6.45, 7) is -0.0931. The first-order chi connectivity index (χ1) is 3.81. The summed E-state index contributed by atoms with van der Waals surface area (Å²) in [4.78, 5) is 0. The van der Waals surface area contributed by atoms with Crippen LogP contribution in [-0.4, -0.2) is 29.5 Å². The van der Waals surface area contributed by atoms with Crippen LogP contribution in [0.4, 0.5) is 0 Å². The van der Waals surface area contributed by atoms with E-state index in [2.05, 4.69) is 0 Å². The Morgan fingerprint density at radius 1 is 1.44 bits per heavy atom. The lowest BCUT2D eigenvalue weighted by Gasteiger charge is -1.96. The molecule has 0 radical (unpaired) electrons. The topological polar surface area (TPSA) is 66.5 Å². The molecule has 56 valence electrons. The second kappa shape index (κ2) is 7.91. The van der Waals surface area contributed by atoms with Gasteiger partial charge in [0, 0.05) is 6.04 Å². The van der Waals surface area contributed by atoms with Gasteiger partial charge in [-0.25, -0.2) is 0 Å². The summed E-state index contributed by atoms with van der Waals surface area (Å²) in [7, 11) is 0. The van der Waals surface area contributed by atoms with Crippen molar-refractivity contribution in [3.8, 4) is 0 Å². The molecular weight excluding hydrogens is 142 g/mol. The molecule has 0 aromatic carbocycles. The highest BCUT2D eigenvalue weighted by atomic mass is 35.5. The van der Waals surface area contributed by atoms with E-state index in [0.717, 1.165) is 0 Å². The molecule has 0 aromatic heterocycles. The maximum atomic E-state index is 8.30. The molecule has 0 rings (SSSR count). The predicted octanol–water partition coefficient (Wildman–Crippen LogP) is -0.724. The van der Waals surface area contributed by atoms with Crippen LogP contribution >= 0.6 is 12.4 Å². The number of aliphatic hydroxyl groups is 2. The van der Waals surface area contributed by atoms with Gasteiger partial charge in [-0.05, 0) is 0 Å². The monoisotopic (exact) mass is 153 g/mol. The van der Waals surface area contributed by atoms with E-state index >= 15 is 0 Å². The third-order valence-corrected chi connectivity index (χ3v) is 0.700.